The predicted molar refractivity (Wildman–Crippen MR) is 114 cm³/mol. The van der Waals surface area contributed by atoms with Crippen molar-refractivity contribution in [2.45, 2.75) is 78.1 Å². The number of rotatable bonds is 13. The number of carbonyl (C=O) groups is 1. The van der Waals surface area contributed by atoms with E-state index in [0.717, 1.165) is 37.3 Å². The summed E-state index contributed by atoms with van der Waals surface area (Å²) in [6, 6.07) is 7.68. The molecule has 146 valence electrons. The molecule has 0 fully saturated rings. The van der Waals surface area contributed by atoms with Gasteiger partial charge in [0, 0.05) is 18.2 Å². The van der Waals surface area contributed by atoms with Crippen LogP contribution in [0.5, 0.6) is 5.75 Å². The van der Waals surface area contributed by atoms with Crippen molar-refractivity contribution < 1.29 is 9.53 Å². The molecule has 0 saturated heterocycles. The fraction of sp³-hybridized carbons (Fsp3) is 0.619. The second-order valence-corrected chi connectivity index (χ2v) is 7.01. The summed E-state index contributed by atoms with van der Waals surface area (Å²) in [6.07, 6.45) is 10.9. The number of nitrogens with one attached hydrogen (secondary N) is 2. The average molecular weight is 379 g/mol. The van der Waals surface area contributed by atoms with Crippen LogP contribution < -0.4 is 15.4 Å². The van der Waals surface area contributed by atoms with E-state index < -0.39 is 0 Å². The van der Waals surface area contributed by atoms with Crippen molar-refractivity contribution in [3.63, 3.8) is 0 Å². The Bertz CT molecular complexity index is 534. The van der Waals surface area contributed by atoms with Crippen molar-refractivity contribution >= 4 is 28.9 Å². The number of benzene rings is 1. The summed E-state index contributed by atoms with van der Waals surface area (Å²) >= 11 is 5.22. The molecule has 1 aromatic rings. The quantitative estimate of drug-likeness (QED) is 0.335. The Labute approximate surface area is 164 Å². The first-order valence-electron chi connectivity index (χ1n) is 9.99. The summed E-state index contributed by atoms with van der Waals surface area (Å²) in [7, 11) is 0. The normalized spacial score (nSPS) is 10.4. The van der Waals surface area contributed by atoms with E-state index in [0.29, 0.717) is 11.5 Å². The molecule has 0 heterocycles. The number of ether oxygens (including phenoxy) is 1. The first kappa shape index (κ1) is 22.4. The van der Waals surface area contributed by atoms with E-state index in [4.69, 9.17) is 17.0 Å². The van der Waals surface area contributed by atoms with Gasteiger partial charge in [-0.2, -0.15) is 0 Å². The highest BCUT2D eigenvalue weighted by Crippen LogP contribution is 2.18. The third-order valence-corrected chi connectivity index (χ3v) is 4.32. The number of hydrogen-bond donors (Lipinski definition) is 2. The van der Waals surface area contributed by atoms with Gasteiger partial charge in [-0.15, -0.1) is 0 Å². The Morgan fingerprint density at radius 1 is 1.00 bits per heavy atom. The number of amides is 1. The fourth-order valence-electron chi connectivity index (χ4n) is 2.62. The number of carbonyl (C=O) groups excluding carboxylic acids is 1. The van der Waals surface area contributed by atoms with Crippen LogP contribution in [0.4, 0.5) is 5.69 Å². The standard InChI is InChI=1S/C21H34N2O2S/c1-3-5-7-9-11-16-25-19-14-12-13-18(17-19)22-21(26)23-20(24)15-10-8-6-4-2/h12-14,17H,3-11,15-16H2,1-2H3,(H2,22,23,24,26). The molecule has 1 aromatic carbocycles. The third kappa shape index (κ3) is 11.1. The highest BCUT2D eigenvalue weighted by molar-refractivity contribution is 7.80. The summed E-state index contributed by atoms with van der Waals surface area (Å²) < 4.78 is 5.79. The van der Waals surface area contributed by atoms with Crippen molar-refractivity contribution in [1.82, 2.24) is 5.32 Å². The van der Waals surface area contributed by atoms with Crippen LogP contribution in [0.3, 0.4) is 0 Å². The summed E-state index contributed by atoms with van der Waals surface area (Å²) in [5, 5.41) is 6.13. The van der Waals surface area contributed by atoms with Gasteiger partial charge in [0.2, 0.25) is 5.91 Å². The van der Waals surface area contributed by atoms with E-state index in [1.165, 1.54) is 38.5 Å². The lowest BCUT2D eigenvalue weighted by Crippen LogP contribution is -2.33. The van der Waals surface area contributed by atoms with Crippen molar-refractivity contribution in [3.05, 3.63) is 24.3 Å². The van der Waals surface area contributed by atoms with Crippen LogP contribution in [0.25, 0.3) is 0 Å². The first-order chi connectivity index (χ1) is 12.7. The molecule has 0 aliphatic heterocycles. The van der Waals surface area contributed by atoms with Gasteiger partial charge in [-0.05, 0) is 37.2 Å². The highest BCUT2D eigenvalue weighted by Gasteiger charge is 2.05. The minimum absolute atomic E-state index is 0.0295. The molecule has 0 unspecified atom stereocenters. The van der Waals surface area contributed by atoms with Gasteiger partial charge in [0.1, 0.15) is 5.75 Å². The SMILES string of the molecule is CCCCCCCOc1cccc(NC(=S)NC(=O)CCCCCC)c1. The van der Waals surface area contributed by atoms with Gasteiger partial charge in [-0.1, -0.05) is 64.9 Å². The zero-order valence-electron chi connectivity index (χ0n) is 16.3. The maximum absolute atomic E-state index is 11.9. The molecule has 4 nitrogen and oxygen atoms in total. The summed E-state index contributed by atoms with van der Waals surface area (Å²) in [5.74, 6) is 0.789. The van der Waals surface area contributed by atoms with Crippen LogP contribution in [0.15, 0.2) is 24.3 Å². The summed E-state index contributed by atoms with van der Waals surface area (Å²) in [4.78, 5) is 11.9. The molecule has 0 saturated carbocycles. The van der Waals surface area contributed by atoms with E-state index in [1.54, 1.807) is 0 Å². The van der Waals surface area contributed by atoms with Crippen LogP contribution in [-0.4, -0.2) is 17.6 Å². The van der Waals surface area contributed by atoms with Crippen molar-refractivity contribution in [2.75, 3.05) is 11.9 Å². The molecule has 0 atom stereocenters. The Morgan fingerprint density at radius 3 is 2.42 bits per heavy atom. The molecule has 0 aromatic heterocycles. The van der Waals surface area contributed by atoms with Crippen LogP contribution in [0.2, 0.25) is 0 Å². The van der Waals surface area contributed by atoms with Gasteiger partial charge in [-0.3, -0.25) is 4.79 Å². The molecule has 1 rings (SSSR count). The molecule has 0 aliphatic rings. The Kier molecular flexibility index (Phi) is 12.5. The number of hydrogen-bond acceptors (Lipinski definition) is 3. The molecular formula is C21H34N2O2S. The van der Waals surface area contributed by atoms with Gasteiger partial charge < -0.3 is 15.4 Å². The fourth-order valence-corrected chi connectivity index (χ4v) is 2.85. The van der Waals surface area contributed by atoms with Crippen LogP contribution in [-0.2, 0) is 4.79 Å². The number of unbranched alkanes of at least 4 members (excludes halogenated alkanes) is 7. The van der Waals surface area contributed by atoms with Gasteiger partial charge in [0.25, 0.3) is 0 Å². The Balaban J connectivity index is 2.29. The molecule has 1 amide bonds. The monoisotopic (exact) mass is 378 g/mol. The van der Waals surface area contributed by atoms with Crippen LogP contribution >= 0.6 is 12.2 Å². The summed E-state index contributed by atoms with van der Waals surface area (Å²) in [5.41, 5.74) is 0.824. The first-order valence-corrected chi connectivity index (χ1v) is 10.4. The van der Waals surface area contributed by atoms with Gasteiger partial charge in [0.15, 0.2) is 5.11 Å². The molecular weight excluding hydrogens is 344 g/mol. The van der Waals surface area contributed by atoms with Crippen LogP contribution in [0.1, 0.15) is 78.1 Å². The molecule has 0 aliphatic carbocycles. The Hall–Kier alpha value is -1.62. The van der Waals surface area contributed by atoms with Crippen molar-refractivity contribution in [2.24, 2.45) is 0 Å². The molecule has 0 bridgehead atoms. The zero-order valence-corrected chi connectivity index (χ0v) is 17.1. The predicted octanol–water partition coefficient (Wildman–Crippen LogP) is 5.82. The van der Waals surface area contributed by atoms with E-state index in [9.17, 15) is 4.79 Å². The van der Waals surface area contributed by atoms with E-state index >= 15 is 0 Å². The highest BCUT2D eigenvalue weighted by atomic mass is 32.1. The maximum Gasteiger partial charge on any atom is 0.226 e. The van der Waals surface area contributed by atoms with Gasteiger partial charge in [0.05, 0.1) is 6.61 Å². The molecule has 0 radical (unpaired) electrons. The zero-order chi connectivity index (χ0) is 19.0. The number of anilines is 1. The lowest BCUT2D eigenvalue weighted by Gasteiger charge is -2.11. The minimum atomic E-state index is -0.0295. The summed E-state index contributed by atoms with van der Waals surface area (Å²) in [6.45, 7) is 5.10. The van der Waals surface area contributed by atoms with E-state index in [1.807, 2.05) is 24.3 Å². The van der Waals surface area contributed by atoms with Gasteiger partial charge >= 0.3 is 0 Å². The minimum Gasteiger partial charge on any atom is -0.494 e. The average Bonchev–Trinajstić information content (AvgIpc) is 2.62. The largest absolute Gasteiger partial charge is 0.494 e. The second kappa shape index (κ2) is 14.5. The second-order valence-electron chi connectivity index (χ2n) is 6.60. The van der Waals surface area contributed by atoms with Crippen LogP contribution in [0, 0.1) is 0 Å². The molecule has 2 N–H and O–H groups in total. The number of thiocarbonyl (C=S) groups is 1. The van der Waals surface area contributed by atoms with Crippen molar-refractivity contribution in [1.29, 1.82) is 0 Å². The lowest BCUT2D eigenvalue weighted by molar-refractivity contribution is -0.119. The molecule has 5 heteroatoms. The lowest BCUT2D eigenvalue weighted by atomic mass is 10.1. The van der Waals surface area contributed by atoms with E-state index in [2.05, 4.69) is 24.5 Å². The topological polar surface area (TPSA) is 50.4 Å². The Morgan fingerprint density at radius 2 is 1.69 bits per heavy atom. The molecule has 0 spiro atoms. The van der Waals surface area contributed by atoms with Gasteiger partial charge in [-0.25, -0.2) is 0 Å². The third-order valence-electron chi connectivity index (χ3n) is 4.12. The molecule has 26 heavy (non-hydrogen) atoms. The van der Waals surface area contributed by atoms with Crippen molar-refractivity contribution in [3.8, 4) is 5.75 Å². The smallest absolute Gasteiger partial charge is 0.226 e. The maximum atomic E-state index is 11.9. The van der Waals surface area contributed by atoms with E-state index in [-0.39, 0.29) is 5.91 Å².